The van der Waals surface area contributed by atoms with Crippen LogP contribution < -0.4 is 10.2 Å². The van der Waals surface area contributed by atoms with Gasteiger partial charge < -0.3 is 20.0 Å². The lowest BCUT2D eigenvalue weighted by Crippen LogP contribution is -2.40. The Morgan fingerprint density at radius 1 is 1.07 bits per heavy atom. The number of carbonyl (C=O) groups excluding carboxylic acids is 2. The van der Waals surface area contributed by atoms with Gasteiger partial charge in [-0.25, -0.2) is 0 Å². The highest BCUT2D eigenvalue weighted by Crippen LogP contribution is 2.29. The SMILES string of the molecule is CCC(CC)C(=O)N(CCN(C)C)Cc1cc(NC(=O)C2CCC2)ccc1N(C)C. The van der Waals surface area contributed by atoms with Crippen molar-refractivity contribution in [3.8, 4) is 0 Å². The van der Waals surface area contributed by atoms with Gasteiger partial charge in [-0.2, -0.15) is 0 Å². The predicted molar refractivity (Wildman–Crippen MR) is 125 cm³/mol. The van der Waals surface area contributed by atoms with Crippen LogP contribution in [-0.4, -0.2) is 62.9 Å². The van der Waals surface area contributed by atoms with Crippen LogP contribution in [0.2, 0.25) is 0 Å². The minimum atomic E-state index is 0.0523. The van der Waals surface area contributed by atoms with E-state index >= 15 is 0 Å². The van der Waals surface area contributed by atoms with E-state index in [1.54, 1.807) is 0 Å². The lowest BCUT2D eigenvalue weighted by molar-refractivity contribution is -0.136. The minimum Gasteiger partial charge on any atom is -0.377 e. The second-order valence-corrected chi connectivity index (χ2v) is 8.93. The van der Waals surface area contributed by atoms with E-state index in [2.05, 4.69) is 29.0 Å². The van der Waals surface area contributed by atoms with E-state index in [0.717, 1.165) is 55.6 Å². The number of likely N-dealkylation sites (N-methyl/N-ethyl adjacent to an activating group) is 1. The van der Waals surface area contributed by atoms with E-state index in [1.165, 1.54) is 0 Å². The fraction of sp³-hybridized carbons (Fsp3) is 0.667. The Morgan fingerprint density at radius 2 is 1.73 bits per heavy atom. The standard InChI is InChI=1S/C24H40N4O2/c1-7-18(8-2)24(30)28(15-14-26(3)4)17-20-16-21(12-13-22(20)27(5)6)25-23(29)19-10-9-11-19/h12-13,16,18-19H,7-11,14-15,17H2,1-6H3,(H,25,29). The number of amides is 2. The molecule has 0 atom stereocenters. The first-order valence-corrected chi connectivity index (χ1v) is 11.3. The molecule has 1 aliphatic carbocycles. The van der Waals surface area contributed by atoms with Gasteiger partial charge in [0.15, 0.2) is 0 Å². The maximum absolute atomic E-state index is 13.2. The number of benzene rings is 1. The zero-order valence-corrected chi connectivity index (χ0v) is 19.7. The molecule has 0 bridgehead atoms. The van der Waals surface area contributed by atoms with Crippen molar-refractivity contribution in [3.63, 3.8) is 0 Å². The Kier molecular flexibility index (Phi) is 9.15. The van der Waals surface area contributed by atoms with Crippen LogP contribution >= 0.6 is 0 Å². The van der Waals surface area contributed by atoms with Gasteiger partial charge in [0.05, 0.1) is 0 Å². The molecule has 2 amide bonds. The number of nitrogens with one attached hydrogen (secondary N) is 1. The number of carbonyl (C=O) groups is 2. The van der Waals surface area contributed by atoms with Crippen molar-refractivity contribution >= 4 is 23.2 Å². The fourth-order valence-electron chi connectivity index (χ4n) is 3.83. The molecule has 0 aliphatic heterocycles. The van der Waals surface area contributed by atoms with Crippen LogP contribution in [0, 0.1) is 11.8 Å². The molecule has 0 radical (unpaired) electrons. The summed E-state index contributed by atoms with van der Waals surface area (Å²) in [6.07, 6.45) is 4.81. The quantitative estimate of drug-likeness (QED) is 0.596. The summed E-state index contributed by atoms with van der Waals surface area (Å²) in [6.45, 7) is 6.22. The lowest BCUT2D eigenvalue weighted by atomic mass is 9.85. The average molecular weight is 417 g/mol. The summed E-state index contributed by atoms with van der Waals surface area (Å²) in [6, 6.07) is 6.04. The molecule has 6 heteroatoms. The summed E-state index contributed by atoms with van der Waals surface area (Å²) in [5.41, 5.74) is 2.95. The second kappa shape index (κ2) is 11.3. The van der Waals surface area contributed by atoms with Crippen molar-refractivity contribution in [1.82, 2.24) is 9.80 Å². The van der Waals surface area contributed by atoms with Crippen LogP contribution in [0.4, 0.5) is 11.4 Å². The lowest BCUT2D eigenvalue weighted by Gasteiger charge is -2.30. The zero-order chi connectivity index (χ0) is 22.3. The molecule has 168 valence electrons. The van der Waals surface area contributed by atoms with Crippen LogP contribution in [0.1, 0.15) is 51.5 Å². The number of anilines is 2. The molecule has 1 N–H and O–H groups in total. The first-order valence-electron chi connectivity index (χ1n) is 11.3. The maximum Gasteiger partial charge on any atom is 0.227 e. The normalized spacial score (nSPS) is 14.0. The van der Waals surface area contributed by atoms with Crippen molar-refractivity contribution in [2.75, 3.05) is 51.5 Å². The monoisotopic (exact) mass is 416 g/mol. The van der Waals surface area contributed by atoms with Crippen LogP contribution in [0.25, 0.3) is 0 Å². The van der Waals surface area contributed by atoms with Crippen molar-refractivity contribution in [3.05, 3.63) is 23.8 Å². The van der Waals surface area contributed by atoms with Crippen molar-refractivity contribution in [2.45, 2.75) is 52.5 Å². The summed E-state index contributed by atoms with van der Waals surface area (Å²) in [5.74, 6) is 0.532. The molecule has 1 aromatic rings. The van der Waals surface area contributed by atoms with Gasteiger partial charge in [-0.15, -0.1) is 0 Å². The molecule has 0 spiro atoms. The highest BCUT2D eigenvalue weighted by Gasteiger charge is 2.26. The highest BCUT2D eigenvalue weighted by molar-refractivity contribution is 5.93. The molecule has 2 rings (SSSR count). The number of hydrogen-bond donors (Lipinski definition) is 1. The molecule has 1 fully saturated rings. The first-order chi connectivity index (χ1) is 14.3. The Balaban J connectivity index is 2.26. The third kappa shape index (κ3) is 6.46. The van der Waals surface area contributed by atoms with E-state index in [4.69, 9.17) is 0 Å². The minimum absolute atomic E-state index is 0.0523. The third-order valence-corrected chi connectivity index (χ3v) is 6.13. The van der Waals surface area contributed by atoms with Crippen molar-refractivity contribution in [2.24, 2.45) is 11.8 Å². The molecule has 0 aromatic heterocycles. The highest BCUT2D eigenvalue weighted by atomic mass is 16.2. The molecule has 0 unspecified atom stereocenters. The van der Waals surface area contributed by atoms with Gasteiger partial charge in [-0.05, 0) is 63.5 Å². The summed E-state index contributed by atoms with van der Waals surface area (Å²) >= 11 is 0. The van der Waals surface area contributed by atoms with Gasteiger partial charge in [0.25, 0.3) is 0 Å². The number of rotatable bonds is 11. The molecule has 1 aromatic carbocycles. The van der Waals surface area contributed by atoms with Gasteiger partial charge in [-0.3, -0.25) is 9.59 Å². The summed E-state index contributed by atoms with van der Waals surface area (Å²) < 4.78 is 0. The topological polar surface area (TPSA) is 55.9 Å². The van der Waals surface area contributed by atoms with Gasteiger partial charge in [0.1, 0.15) is 0 Å². The molecule has 1 aliphatic rings. The van der Waals surface area contributed by atoms with Gasteiger partial charge in [-0.1, -0.05) is 20.3 Å². The molecule has 0 saturated heterocycles. The molecule has 30 heavy (non-hydrogen) atoms. The summed E-state index contributed by atoms with van der Waals surface area (Å²) in [7, 11) is 8.08. The number of hydrogen-bond acceptors (Lipinski definition) is 4. The van der Waals surface area contributed by atoms with Gasteiger partial charge in [0.2, 0.25) is 11.8 Å². The number of nitrogens with zero attached hydrogens (tertiary/aromatic N) is 3. The predicted octanol–water partition coefficient (Wildman–Crippen LogP) is 3.82. The van der Waals surface area contributed by atoms with Crippen molar-refractivity contribution in [1.29, 1.82) is 0 Å². The molecule has 0 heterocycles. The van der Waals surface area contributed by atoms with Gasteiger partial charge >= 0.3 is 0 Å². The molecular formula is C24H40N4O2. The van der Waals surface area contributed by atoms with Gasteiger partial charge in [0, 0.05) is 56.9 Å². The van der Waals surface area contributed by atoms with Crippen LogP contribution in [-0.2, 0) is 16.1 Å². The van der Waals surface area contributed by atoms with E-state index in [1.807, 2.05) is 51.3 Å². The zero-order valence-electron chi connectivity index (χ0n) is 19.7. The average Bonchev–Trinajstić information content (AvgIpc) is 2.64. The molecule has 1 saturated carbocycles. The van der Waals surface area contributed by atoms with Crippen LogP contribution in [0.15, 0.2) is 18.2 Å². The van der Waals surface area contributed by atoms with Crippen LogP contribution in [0.3, 0.4) is 0 Å². The smallest absolute Gasteiger partial charge is 0.227 e. The fourth-order valence-corrected chi connectivity index (χ4v) is 3.83. The van der Waals surface area contributed by atoms with E-state index < -0.39 is 0 Å². The van der Waals surface area contributed by atoms with E-state index in [-0.39, 0.29) is 23.7 Å². The Morgan fingerprint density at radius 3 is 2.23 bits per heavy atom. The van der Waals surface area contributed by atoms with Crippen molar-refractivity contribution < 1.29 is 9.59 Å². The Hall–Kier alpha value is -2.08. The Bertz CT molecular complexity index is 709. The summed E-state index contributed by atoms with van der Waals surface area (Å²) in [5, 5.41) is 3.08. The maximum atomic E-state index is 13.2. The van der Waals surface area contributed by atoms with Crippen LogP contribution in [0.5, 0.6) is 0 Å². The molecule has 6 nitrogen and oxygen atoms in total. The summed E-state index contributed by atoms with van der Waals surface area (Å²) in [4.78, 5) is 31.8. The molecular weight excluding hydrogens is 376 g/mol. The Labute approximate surface area is 182 Å². The van der Waals surface area contributed by atoms with E-state index in [0.29, 0.717) is 13.1 Å². The third-order valence-electron chi connectivity index (χ3n) is 6.13. The first kappa shape index (κ1) is 24.2. The second-order valence-electron chi connectivity index (χ2n) is 8.93. The van der Waals surface area contributed by atoms with E-state index in [9.17, 15) is 9.59 Å². The largest absolute Gasteiger partial charge is 0.377 e.